The van der Waals surface area contributed by atoms with Gasteiger partial charge in [-0.2, -0.15) is 0 Å². The van der Waals surface area contributed by atoms with Gasteiger partial charge in [-0.25, -0.2) is 0 Å². The molecule has 0 spiro atoms. The van der Waals surface area contributed by atoms with Crippen molar-refractivity contribution < 1.29 is 53.7 Å². The van der Waals surface area contributed by atoms with Gasteiger partial charge in [0.2, 0.25) is 0 Å². The zero-order valence-electron chi connectivity index (χ0n) is 18.5. The summed E-state index contributed by atoms with van der Waals surface area (Å²) >= 11 is 0. The van der Waals surface area contributed by atoms with E-state index in [1.54, 1.807) is 0 Å². The molecule has 0 heterocycles. The van der Waals surface area contributed by atoms with Crippen LogP contribution in [0.4, 0.5) is 0 Å². The van der Waals surface area contributed by atoms with Crippen LogP contribution in [0.25, 0.3) is 0 Å². The molecule has 5 nitrogen and oxygen atoms in total. The second kappa shape index (κ2) is 21.1. The van der Waals surface area contributed by atoms with Crippen LogP contribution in [0.3, 0.4) is 0 Å². The molecule has 0 aliphatic carbocycles. The molecule has 2 atom stereocenters. The number of carbonyl (C=O) groups excluding carboxylic acids is 1. The number of hydrogen-bond donors (Lipinski definition) is 0. The fourth-order valence-electron chi connectivity index (χ4n) is 2.86. The Kier molecular flexibility index (Phi) is 23.1. The Morgan fingerprint density at radius 2 is 1.26 bits per heavy atom. The van der Waals surface area contributed by atoms with Crippen molar-refractivity contribution in [2.45, 2.75) is 85.2 Å². The summed E-state index contributed by atoms with van der Waals surface area (Å²) < 4.78 is 17.0. The molecular formula is C21H41NaO5. The quantitative estimate of drug-likeness (QED) is 0.299. The van der Waals surface area contributed by atoms with Gasteiger partial charge in [0.15, 0.2) is 0 Å². The zero-order valence-corrected chi connectivity index (χ0v) is 20.5. The third-order valence-corrected chi connectivity index (χ3v) is 4.84. The number of hydrogen-bond acceptors (Lipinski definition) is 5. The molecule has 0 radical (unpaired) electrons. The Labute approximate surface area is 189 Å². The van der Waals surface area contributed by atoms with Crippen molar-refractivity contribution in [1.29, 1.82) is 0 Å². The number of ether oxygens (including phenoxy) is 3. The number of carboxylic acid groups (broad SMARTS) is 1. The van der Waals surface area contributed by atoms with Crippen molar-refractivity contribution in [2.75, 3.05) is 33.0 Å². The van der Waals surface area contributed by atoms with Crippen molar-refractivity contribution >= 4 is 5.97 Å². The van der Waals surface area contributed by atoms with E-state index in [0.29, 0.717) is 38.3 Å². The van der Waals surface area contributed by atoms with Crippen LogP contribution in [0.5, 0.6) is 0 Å². The number of rotatable bonds is 19. The summed E-state index contributed by atoms with van der Waals surface area (Å²) in [6.45, 7) is 10.4. The van der Waals surface area contributed by atoms with E-state index in [4.69, 9.17) is 14.2 Å². The van der Waals surface area contributed by atoms with Gasteiger partial charge in [-0.1, -0.05) is 66.2 Å². The predicted molar refractivity (Wildman–Crippen MR) is 103 cm³/mol. The van der Waals surface area contributed by atoms with Crippen LogP contribution >= 0.6 is 0 Å². The summed E-state index contributed by atoms with van der Waals surface area (Å²) in [7, 11) is 0. The SMILES string of the molecule is CCCCC(CC)COCC(COCC(CC)CCCC)OCC(=O)[O-].[Na+]. The topological polar surface area (TPSA) is 67.8 Å². The Hall–Kier alpha value is 0.350. The number of carboxylic acids is 1. The molecule has 0 saturated heterocycles. The van der Waals surface area contributed by atoms with Crippen LogP contribution in [0.1, 0.15) is 79.1 Å². The predicted octanol–water partition coefficient (Wildman–Crippen LogP) is 0.592. The minimum Gasteiger partial charge on any atom is -0.548 e. The maximum Gasteiger partial charge on any atom is 1.00 e. The van der Waals surface area contributed by atoms with E-state index in [2.05, 4.69) is 27.7 Å². The van der Waals surface area contributed by atoms with Gasteiger partial charge in [0.05, 0.1) is 25.8 Å². The first kappa shape index (κ1) is 29.6. The second-order valence-electron chi connectivity index (χ2n) is 7.21. The molecule has 0 rings (SSSR count). The maximum atomic E-state index is 10.7. The van der Waals surface area contributed by atoms with Crippen LogP contribution in [0, 0.1) is 11.8 Å². The molecule has 2 unspecified atom stereocenters. The van der Waals surface area contributed by atoms with Crippen LogP contribution in [0.2, 0.25) is 0 Å². The third-order valence-electron chi connectivity index (χ3n) is 4.84. The zero-order chi connectivity index (χ0) is 19.6. The van der Waals surface area contributed by atoms with Crippen molar-refractivity contribution in [3.63, 3.8) is 0 Å². The van der Waals surface area contributed by atoms with E-state index < -0.39 is 12.6 Å². The van der Waals surface area contributed by atoms with E-state index >= 15 is 0 Å². The monoisotopic (exact) mass is 396 g/mol. The summed E-state index contributed by atoms with van der Waals surface area (Å²) in [5.41, 5.74) is 0. The first-order valence-electron chi connectivity index (χ1n) is 10.5. The Balaban J connectivity index is 0. The van der Waals surface area contributed by atoms with E-state index in [1.807, 2.05) is 0 Å². The summed E-state index contributed by atoms with van der Waals surface area (Å²) in [6.07, 6.45) is 8.98. The molecule has 0 amide bonds. The van der Waals surface area contributed by atoms with Gasteiger partial charge in [-0.05, 0) is 24.7 Å². The van der Waals surface area contributed by atoms with Gasteiger partial charge in [-0.3, -0.25) is 0 Å². The largest absolute Gasteiger partial charge is 1.00 e. The molecule has 0 N–H and O–H groups in total. The van der Waals surface area contributed by atoms with Gasteiger partial charge in [0, 0.05) is 13.2 Å². The average molecular weight is 397 g/mol. The molecule has 0 aromatic rings. The Morgan fingerprint density at radius 1 is 0.815 bits per heavy atom. The van der Waals surface area contributed by atoms with Crippen LogP contribution in [0.15, 0.2) is 0 Å². The molecule has 0 aliphatic rings. The summed E-state index contributed by atoms with van der Waals surface area (Å²) in [5.74, 6) is -0.105. The molecule has 0 fully saturated rings. The molecule has 0 bridgehead atoms. The van der Waals surface area contributed by atoms with Gasteiger partial charge >= 0.3 is 29.6 Å². The minimum atomic E-state index is -1.21. The van der Waals surface area contributed by atoms with E-state index in [1.165, 1.54) is 38.5 Å². The molecule has 0 aromatic carbocycles. The summed E-state index contributed by atoms with van der Waals surface area (Å²) in [4.78, 5) is 10.7. The number of unbranched alkanes of at least 4 members (excludes halogenated alkanes) is 2. The maximum absolute atomic E-state index is 10.7. The second-order valence-corrected chi connectivity index (χ2v) is 7.21. The normalized spacial score (nSPS) is 14.4. The van der Waals surface area contributed by atoms with Crippen molar-refractivity contribution in [3.8, 4) is 0 Å². The van der Waals surface area contributed by atoms with Gasteiger partial charge in [-0.15, -0.1) is 0 Å². The van der Waals surface area contributed by atoms with Crippen LogP contribution in [-0.2, 0) is 19.0 Å². The van der Waals surface area contributed by atoms with Crippen molar-refractivity contribution in [2.24, 2.45) is 11.8 Å². The molecule has 27 heavy (non-hydrogen) atoms. The molecule has 0 aromatic heterocycles. The first-order chi connectivity index (χ1) is 12.6. The molecule has 0 saturated carbocycles. The Bertz CT molecular complexity index is 306. The fraction of sp³-hybridized carbons (Fsp3) is 0.952. The fourth-order valence-corrected chi connectivity index (χ4v) is 2.86. The number of aliphatic carboxylic acids is 1. The standard InChI is InChI=1S/C21H42O5.Na/c1-5-9-11-18(7-3)13-24-15-20(26-17-21(22)23)16-25-14-19(8-4)12-10-6-2;/h18-20H,5-17H2,1-4H3,(H,22,23);/q;+1/p-1. The van der Waals surface area contributed by atoms with Crippen molar-refractivity contribution in [3.05, 3.63) is 0 Å². The van der Waals surface area contributed by atoms with Gasteiger partial charge in [0.1, 0.15) is 6.10 Å². The van der Waals surface area contributed by atoms with E-state index in [9.17, 15) is 9.90 Å². The smallest absolute Gasteiger partial charge is 0.548 e. The molecule has 0 aliphatic heterocycles. The average Bonchev–Trinajstić information content (AvgIpc) is 2.64. The van der Waals surface area contributed by atoms with E-state index in [-0.39, 0.29) is 35.7 Å². The van der Waals surface area contributed by atoms with Gasteiger partial charge in [0.25, 0.3) is 0 Å². The summed E-state index contributed by atoms with van der Waals surface area (Å²) in [6, 6.07) is 0. The van der Waals surface area contributed by atoms with Crippen LogP contribution in [-0.4, -0.2) is 45.1 Å². The Morgan fingerprint density at radius 3 is 1.59 bits per heavy atom. The summed E-state index contributed by atoms with van der Waals surface area (Å²) in [5, 5.41) is 10.7. The van der Waals surface area contributed by atoms with Gasteiger partial charge < -0.3 is 24.1 Å². The minimum absolute atomic E-state index is 0. The third kappa shape index (κ3) is 18.1. The number of carbonyl (C=O) groups is 1. The van der Waals surface area contributed by atoms with E-state index in [0.717, 1.165) is 12.8 Å². The van der Waals surface area contributed by atoms with Crippen molar-refractivity contribution in [1.82, 2.24) is 0 Å². The van der Waals surface area contributed by atoms with Crippen LogP contribution < -0.4 is 34.7 Å². The molecule has 156 valence electrons. The molecular weight excluding hydrogens is 355 g/mol. The first-order valence-corrected chi connectivity index (χ1v) is 10.5. The molecule has 6 heteroatoms.